The van der Waals surface area contributed by atoms with E-state index in [4.69, 9.17) is 14.2 Å². The lowest BCUT2D eigenvalue weighted by atomic mass is 10.1. The molecule has 1 unspecified atom stereocenters. The van der Waals surface area contributed by atoms with Gasteiger partial charge in [-0.15, -0.1) is 0 Å². The zero-order valence-electron chi connectivity index (χ0n) is 45.2. The molecule has 0 aliphatic carbocycles. The second kappa shape index (κ2) is 57.6. The van der Waals surface area contributed by atoms with Crippen molar-refractivity contribution in [3.63, 3.8) is 0 Å². The molecule has 0 aromatic carbocycles. The lowest BCUT2D eigenvalue weighted by molar-refractivity contribution is -0.167. The minimum absolute atomic E-state index is 0.110. The van der Waals surface area contributed by atoms with Crippen LogP contribution in [0.2, 0.25) is 0 Å². The monoisotopic (exact) mass is 977 g/mol. The number of unbranched alkanes of at least 4 members (excludes halogenated alkanes) is 11. The van der Waals surface area contributed by atoms with Crippen LogP contribution in [0.3, 0.4) is 0 Å². The summed E-state index contributed by atoms with van der Waals surface area (Å²) in [5.74, 6) is -1.01. The SMILES string of the molecule is CC/C=C\C/C=C\C/C=C\C/C=C\C/C=C\C/C=C\C/C=C\C/C=C\C/C=C\CCCC(=O)OCC(COC(=O)CCCCCCC)OC(=O)CCCCCCCC/C=C\C/C=C\C/C=C\C/C=C\CC. The van der Waals surface area contributed by atoms with Crippen molar-refractivity contribution in [3.8, 4) is 0 Å². The first-order valence-electron chi connectivity index (χ1n) is 28.0. The molecule has 6 heteroatoms. The Balaban J connectivity index is 4.29. The average molecular weight is 978 g/mol. The van der Waals surface area contributed by atoms with Crippen LogP contribution < -0.4 is 0 Å². The van der Waals surface area contributed by atoms with Crippen LogP contribution in [0.5, 0.6) is 0 Å². The zero-order chi connectivity index (χ0) is 51.4. The standard InChI is InChI=1S/C65H100O6/c1-4-7-10-13-15-17-19-21-23-25-27-28-29-30-31-32-33-34-35-36-38-39-41-43-45-47-49-52-55-58-64(67)70-61-62(60-69-63(66)57-54-51-12-9-6-3)71-65(68)59-56-53-50-48-46-44-42-40-37-26-24-22-20-18-16-14-11-8-5-2/h7-8,10-11,15-18,21-24,27-28,30-31,33-34,36-38,40-41,43,47,49,62H,4-6,9,12-14,19-20,25-26,29,32,35,39,42,44-46,48,50-61H2,1-3H3/b10-7-,11-8-,17-15-,18-16-,23-21-,24-22-,28-27-,31-30-,34-33-,38-36-,40-37-,43-41-,49-47-. The smallest absolute Gasteiger partial charge is 0.306 e. The number of allylic oxidation sites excluding steroid dienone is 26. The molecule has 6 nitrogen and oxygen atoms in total. The Labute approximate surface area is 435 Å². The van der Waals surface area contributed by atoms with Gasteiger partial charge in [-0.3, -0.25) is 14.4 Å². The third-order valence-electron chi connectivity index (χ3n) is 11.0. The molecule has 0 bridgehead atoms. The van der Waals surface area contributed by atoms with Crippen molar-refractivity contribution in [2.45, 2.75) is 219 Å². The second-order valence-corrected chi connectivity index (χ2v) is 17.7. The summed E-state index contributed by atoms with van der Waals surface area (Å²) >= 11 is 0. The lowest BCUT2D eigenvalue weighted by Gasteiger charge is -2.18. The van der Waals surface area contributed by atoms with E-state index in [1.165, 1.54) is 12.8 Å². The fraction of sp³-hybridized carbons (Fsp3) is 0.554. The first-order valence-corrected chi connectivity index (χ1v) is 28.0. The van der Waals surface area contributed by atoms with Gasteiger partial charge < -0.3 is 14.2 Å². The van der Waals surface area contributed by atoms with Gasteiger partial charge in [-0.25, -0.2) is 0 Å². The van der Waals surface area contributed by atoms with E-state index in [2.05, 4.69) is 179 Å². The molecule has 0 aromatic heterocycles. The van der Waals surface area contributed by atoms with E-state index in [1.54, 1.807) is 0 Å². The second-order valence-electron chi connectivity index (χ2n) is 17.7. The van der Waals surface area contributed by atoms with E-state index in [-0.39, 0.29) is 37.5 Å². The van der Waals surface area contributed by atoms with Crippen LogP contribution in [0.4, 0.5) is 0 Å². The largest absolute Gasteiger partial charge is 0.462 e. The highest BCUT2D eigenvalue weighted by Gasteiger charge is 2.19. The maximum absolute atomic E-state index is 12.8. The van der Waals surface area contributed by atoms with Crippen molar-refractivity contribution in [2.24, 2.45) is 0 Å². The van der Waals surface area contributed by atoms with Gasteiger partial charge in [-0.2, -0.15) is 0 Å². The molecule has 71 heavy (non-hydrogen) atoms. The third-order valence-corrected chi connectivity index (χ3v) is 11.0. The van der Waals surface area contributed by atoms with E-state index < -0.39 is 6.10 Å². The highest BCUT2D eigenvalue weighted by Crippen LogP contribution is 2.12. The number of hydrogen-bond donors (Lipinski definition) is 0. The molecule has 0 saturated carbocycles. The number of hydrogen-bond acceptors (Lipinski definition) is 6. The molecule has 0 spiro atoms. The van der Waals surface area contributed by atoms with Crippen LogP contribution >= 0.6 is 0 Å². The Hall–Kier alpha value is -4.97. The van der Waals surface area contributed by atoms with Crippen molar-refractivity contribution in [3.05, 3.63) is 158 Å². The molecule has 0 amide bonds. The first kappa shape index (κ1) is 66.0. The van der Waals surface area contributed by atoms with E-state index in [0.717, 1.165) is 154 Å². The predicted molar refractivity (Wildman–Crippen MR) is 306 cm³/mol. The molecule has 0 fully saturated rings. The molecule has 0 heterocycles. The topological polar surface area (TPSA) is 78.9 Å². The first-order chi connectivity index (χ1) is 35.0. The number of carbonyl (C=O) groups excluding carboxylic acids is 3. The molecular weight excluding hydrogens is 877 g/mol. The molecular formula is C65H100O6. The zero-order valence-corrected chi connectivity index (χ0v) is 45.2. The summed E-state index contributed by atoms with van der Waals surface area (Å²) in [6.07, 6.45) is 84.2. The summed E-state index contributed by atoms with van der Waals surface area (Å²) in [6, 6.07) is 0. The average Bonchev–Trinajstić information content (AvgIpc) is 3.37. The van der Waals surface area contributed by atoms with Crippen LogP contribution in [-0.2, 0) is 28.6 Å². The molecule has 0 N–H and O–H groups in total. The van der Waals surface area contributed by atoms with Crippen LogP contribution in [0, 0.1) is 0 Å². The third kappa shape index (κ3) is 55.8. The number of carbonyl (C=O) groups is 3. The van der Waals surface area contributed by atoms with Gasteiger partial charge in [-0.1, -0.05) is 230 Å². The fourth-order valence-corrected chi connectivity index (χ4v) is 6.90. The Morgan fingerprint density at radius 2 is 0.563 bits per heavy atom. The molecule has 0 aliphatic rings. The van der Waals surface area contributed by atoms with Crippen molar-refractivity contribution < 1.29 is 28.6 Å². The minimum atomic E-state index is -0.813. The normalized spacial score (nSPS) is 13.3. The quantitative estimate of drug-likeness (QED) is 0.0262. The molecule has 0 radical (unpaired) electrons. The highest BCUT2D eigenvalue weighted by molar-refractivity contribution is 5.71. The van der Waals surface area contributed by atoms with Crippen molar-refractivity contribution in [2.75, 3.05) is 13.2 Å². The van der Waals surface area contributed by atoms with E-state index in [9.17, 15) is 14.4 Å². The number of esters is 3. The summed E-state index contributed by atoms with van der Waals surface area (Å²) in [5, 5.41) is 0. The maximum atomic E-state index is 12.8. The summed E-state index contributed by atoms with van der Waals surface area (Å²) in [5.41, 5.74) is 0. The summed E-state index contributed by atoms with van der Waals surface area (Å²) < 4.78 is 16.6. The van der Waals surface area contributed by atoms with Crippen LogP contribution in [0.1, 0.15) is 213 Å². The van der Waals surface area contributed by atoms with E-state index in [1.807, 2.05) is 0 Å². The van der Waals surface area contributed by atoms with Crippen LogP contribution in [-0.4, -0.2) is 37.2 Å². The molecule has 396 valence electrons. The van der Waals surface area contributed by atoms with Crippen LogP contribution in [0.25, 0.3) is 0 Å². The summed E-state index contributed by atoms with van der Waals surface area (Å²) in [4.78, 5) is 37.7. The van der Waals surface area contributed by atoms with Gasteiger partial charge in [0, 0.05) is 19.3 Å². The fourth-order valence-electron chi connectivity index (χ4n) is 6.90. The van der Waals surface area contributed by atoms with Crippen LogP contribution in [0.15, 0.2) is 158 Å². The number of rotatable bonds is 48. The lowest BCUT2D eigenvalue weighted by Crippen LogP contribution is -2.30. The Kier molecular flexibility index (Phi) is 53.6. The number of ether oxygens (including phenoxy) is 3. The molecule has 1 atom stereocenters. The molecule has 0 rings (SSSR count). The van der Waals surface area contributed by atoms with Crippen molar-refractivity contribution in [1.82, 2.24) is 0 Å². The van der Waals surface area contributed by atoms with Gasteiger partial charge >= 0.3 is 17.9 Å². The summed E-state index contributed by atoms with van der Waals surface area (Å²) in [6.45, 7) is 6.24. The van der Waals surface area contributed by atoms with Crippen molar-refractivity contribution >= 4 is 17.9 Å². The minimum Gasteiger partial charge on any atom is -0.462 e. The molecule has 0 aliphatic heterocycles. The Morgan fingerprint density at radius 3 is 0.915 bits per heavy atom. The van der Waals surface area contributed by atoms with Gasteiger partial charge in [-0.05, 0) is 122 Å². The summed E-state index contributed by atoms with van der Waals surface area (Å²) in [7, 11) is 0. The van der Waals surface area contributed by atoms with Gasteiger partial charge in [0.25, 0.3) is 0 Å². The highest BCUT2D eigenvalue weighted by atomic mass is 16.6. The van der Waals surface area contributed by atoms with Gasteiger partial charge in [0.2, 0.25) is 0 Å². The molecule has 0 aromatic rings. The van der Waals surface area contributed by atoms with Gasteiger partial charge in [0.15, 0.2) is 6.10 Å². The predicted octanol–water partition coefficient (Wildman–Crippen LogP) is 19.0. The van der Waals surface area contributed by atoms with Gasteiger partial charge in [0.05, 0.1) is 0 Å². The Bertz CT molecular complexity index is 1640. The Morgan fingerprint density at radius 1 is 0.296 bits per heavy atom. The van der Waals surface area contributed by atoms with E-state index in [0.29, 0.717) is 19.3 Å². The van der Waals surface area contributed by atoms with Gasteiger partial charge in [0.1, 0.15) is 13.2 Å². The van der Waals surface area contributed by atoms with Crippen molar-refractivity contribution in [1.29, 1.82) is 0 Å². The van der Waals surface area contributed by atoms with E-state index >= 15 is 0 Å². The maximum Gasteiger partial charge on any atom is 0.306 e. The molecule has 0 saturated heterocycles.